The van der Waals surface area contributed by atoms with Gasteiger partial charge in [0.25, 0.3) is 0 Å². The molecule has 30 heavy (non-hydrogen) atoms. The third-order valence-electron chi connectivity index (χ3n) is 7.11. The van der Waals surface area contributed by atoms with E-state index in [1.165, 1.54) is 49.0 Å². The van der Waals surface area contributed by atoms with Crippen LogP contribution in [0.25, 0.3) is 0 Å². The van der Waals surface area contributed by atoms with E-state index in [-0.39, 0.29) is 0 Å². The molecule has 1 aliphatic carbocycles. The lowest BCUT2D eigenvalue weighted by Crippen LogP contribution is -2.43. The quantitative estimate of drug-likeness (QED) is 0.479. The zero-order valence-electron chi connectivity index (χ0n) is 17.8. The molecule has 1 saturated heterocycles. The van der Waals surface area contributed by atoms with Crippen LogP contribution in [0, 0.1) is 5.92 Å². The van der Waals surface area contributed by atoms with Crippen molar-refractivity contribution >= 4 is 0 Å². The summed E-state index contributed by atoms with van der Waals surface area (Å²) >= 11 is 0. The van der Waals surface area contributed by atoms with Crippen LogP contribution in [0.1, 0.15) is 36.0 Å². The minimum Gasteiger partial charge on any atom is -0.299 e. The van der Waals surface area contributed by atoms with Crippen LogP contribution in [0.4, 0.5) is 0 Å². The lowest BCUT2D eigenvalue weighted by molar-refractivity contribution is 0.103. The summed E-state index contributed by atoms with van der Waals surface area (Å²) in [5.74, 6) is 0.772. The predicted molar refractivity (Wildman–Crippen MR) is 124 cm³/mol. The third kappa shape index (κ3) is 4.35. The van der Waals surface area contributed by atoms with Crippen molar-refractivity contribution in [1.29, 1.82) is 0 Å². The molecule has 2 aliphatic rings. The van der Waals surface area contributed by atoms with E-state index in [9.17, 15) is 0 Å². The molecule has 2 nitrogen and oxygen atoms in total. The average molecular weight is 397 g/mol. The van der Waals surface area contributed by atoms with Gasteiger partial charge in [-0.3, -0.25) is 9.80 Å². The maximum atomic E-state index is 2.80. The van der Waals surface area contributed by atoms with E-state index in [4.69, 9.17) is 0 Å². The number of nitrogens with zero attached hydrogens (tertiary/aromatic N) is 2. The SMILES string of the molecule is c1ccc(CN2CCC(C3(N(Cc4ccccc4)Cc4ccccc4)CC3)C2)cc1. The summed E-state index contributed by atoms with van der Waals surface area (Å²) in [4.78, 5) is 5.47. The highest BCUT2D eigenvalue weighted by atomic mass is 15.3. The average Bonchev–Trinajstić information content (AvgIpc) is 3.48. The second kappa shape index (κ2) is 8.75. The van der Waals surface area contributed by atoms with Gasteiger partial charge in [0.15, 0.2) is 0 Å². The van der Waals surface area contributed by atoms with Crippen molar-refractivity contribution < 1.29 is 0 Å². The highest BCUT2D eigenvalue weighted by molar-refractivity contribution is 5.21. The van der Waals surface area contributed by atoms with Crippen molar-refractivity contribution in [2.45, 2.75) is 44.4 Å². The summed E-state index contributed by atoms with van der Waals surface area (Å²) in [6.07, 6.45) is 4.01. The molecule has 0 N–H and O–H groups in total. The maximum absolute atomic E-state index is 2.80. The molecule has 0 amide bonds. The predicted octanol–water partition coefficient (Wildman–Crippen LogP) is 5.74. The molecule has 1 aliphatic heterocycles. The monoisotopic (exact) mass is 396 g/mol. The Balaban J connectivity index is 1.32. The molecule has 1 unspecified atom stereocenters. The molecule has 0 bridgehead atoms. The van der Waals surface area contributed by atoms with E-state index < -0.39 is 0 Å². The number of rotatable bonds is 8. The van der Waals surface area contributed by atoms with Crippen molar-refractivity contribution in [3.8, 4) is 0 Å². The molecular weight excluding hydrogens is 364 g/mol. The van der Waals surface area contributed by atoms with Gasteiger partial charge in [-0.15, -0.1) is 0 Å². The first-order valence-electron chi connectivity index (χ1n) is 11.4. The number of likely N-dealkylation sites (tertiary alicyclic amines) is 1. The van der Waals surface area contributed by atoms with E-state index in [0.29, 0.717) is 5.54 Å². The highest BCUT2D eigenvalue weighted by Gasteiger charge is 2.54. The first-order valence-corrected chi connectivity index (χ1v) is 11.4. The van der Waals surface area contributed by atoms with Gasteiger partial charge in [0.05, 0.1) is 0 Å². The van der Waals surface area contributed by atoms with Gasteiger partial charge in [0.2, 0.25) is 0 Å². The van der Waals surface area contributed by atoms with E-state index >= 15 is 0 Å². The zero-order chi connectivity index (χ0) is 20.2. The molecule has 2 fully saturated rings. The Kier molecular flexibility index (Phi) is 5.70. The smallest absolute Gasteiger partial charge is 0.0258 e. The van der Waals surface area contributed by atoms with Crippen molar-refractivity contribution in [2.75, 3.05) is 13.1 Å². The molecule has 5 rings (SSSR count). The summed E-state index contributed by atoms with van der Waals surface area (Å²) in [6.45, 7) is 5.64. The molecule has 0 spiro atoms. The van der Waals surface area contributed by atoms with Crippen molar-refractivity contribution in [3.63, 3.8) is 0 Å². The van der Waals surface area contributed by atoms with E-state index in [2.05, 4.69) is 101 Å². The lowest BCUT2D eigenvalue weighted by atomic mass is 9.93. The largest absolute Gasteiger partial charge is 0.299 e. The molecule has 1 saturated carbocycles. The summed E-state index contributed by atoms with van der Waals surface area (Å²) in [5.41, 5.74) is 4.67. The molecule has 154 valence electrons. The molecule has 1 atom stereocenters. The fourth-order valence-electron chi connectivity index (χ4n) is 5.35. The van der Waals surface area contributed by atoms with Gasteiger partial charge in [-0.2, -0.15) is 0 Å². The fraction of sp³-hybridized carbons (Fsp3) is 0.357. The van der Waals surface area contributed by atoms with Gasteiger partial charge in [-0.25, -0.2) is 0 Å². The van der Waals surface area contributed by atoms with Gasteiger partial charge in [-0.05, 0) is 48.4 Å². The first kappa shape index (κ1) is 19.5. The molecule has 1 heterocycles. The molecule has 0 radical (unpaired) electrons. The summed E-state index contributed by atoms with van der Waals surface area (Å²) in [5, 5.41) is 0. The van der Waals surface area contributed by atoms with Gasteiger partial charge in [0.1, 0.15) is 0 Å². The van der Waals surface area contributed by atoms with Crippen LogP contribution in [-0.2, 0) is 19.6 Å². The van der Waals surface area contributed by atoms with Crippen molar-refractivity contribution in [3.05, 3.63) is 108 Å². The number of benzene rings is 3. The summed E-state index contributed by atoms with van der Waals surface area (Å²) in [7, 11) is 0. The molecule has 3 aromatic carbocycles. The van der Waals surface area contributed by atoms with Crippen LogP contribution in [-0.4, -0.2) is 28.4 Å². The minimum atomic E-state index is 0.372. The van der Waals surface area contributed by atoms with Gasteiger partial charge in [-0.1, -0.05) is 91.0 Å². The Labute approximate surface area is 181 Å². The van der Waals surface area contributed by atoms with Crippen LogP contribution in [0.3, 0.4) is 0 Å². The summed E-state index contributed by atoms with van der Waals surface area (Å²) < 4.78 is 0. The van der Waals surface area contributed by atoms with Crippen LogP contribution >= 0.6 is 0 Å². The molecule has 0 aromatic heterocycles. The fourth-order valence-corrected chi connectivity index (χ4v) is 5.35. The summed E-state index contributed by atoms with van der Waals surface area (Å²) in [6, 6.07) is 33.0. The van der Waals surface area contributed by atoms with Crippen LogP contribution in [0.15, 0.2) is 91.0 Å². The van der Waals surface area contributed by atoms with E-state index in [1.807, 2.05) is 0 Å². The minimum absolute atomic E-state index is 0.372. The van der Waals surface area contributed by atoms with E-state index in [0.717, 1.165) is 25.6 Å². The molecular formula is C28H32N2. The third-order valence-corrected chi connectivity index (χ3v) is 7.11. The Morgan fingerprint density at radius 1 is 0.700 bits per heavy atom. The highest BCUT2D eigenvalue weighted by Crippen LogP contribution is 2.52. The Morgan fingerprint density at radius 3 is 1.70 bits per heavy atom. The number of hydrogen-bond acceptors (Lipinski definition) is 2. The van der Waals surface area contributed by atoms with Crippen LogP contribution in [0.2, 0.25) is 0 Å². The topological polar surface area (TPSA) is 6.48 Å². The molecule has 3 aromatic rings. The second-order valence-electron chi connectivity index (χ2n) is 9.14. The maximum Gasteiger partial charge on any atom is 0.0258 e. The normalized spacial score (nSPS) is 20.5. The van der Waals surface area contributed by atoms with Crippen LogP contribution < -0.4 is 0 Å². The first-order chi connectivity index (χ1) is 14.8. The molecule has 2 heteroatoms. The second-order valence-corrected chi connectivity index (χ2v) is 9.14. The van der Waals surface area contributed by atoms with Crippen molar-refractivity contribution in [2.24, 2.45) is 5.92 Å². The van der Waals surface area contributed by atoms with Gasteiger partial charge in [0, 0.05) is 31.7 Å². The standard InChI is InChI=1S/C28H32N2/c1-4-10-24(11-5-1)20-29-19-16-27(23-29)28(17-18-28)30(21-25-12-6-2-7-13-25)22-26-14-8-3-9-15-26/h1-15,27H,16-23H2. The van der Waals surface area contributed by atoms with E-state index in [1.54, 1.807) is 0 Å². The Hall–Kier alpha value is -2.42. The van der Waals surface area contributed by atoms with Crippen LogP contribution in [0.5, 0.6) is 0 Å². The van der Waals surface area contributed by atoms with Gasteiger partial charge < -0.3 is 0 Å². The lowest BCUT2D eigenvalue weighted by Gasteiger charge is -2.37. The Morgan fingerprint density at radius 2 is 1.20 bits per heavy atom. The Bertz CT molecular complexity index is 877. The van der Waals surface area contributed by atoms with Gasteiger partial charge >= 0.3 is 0 Å². The zero-order valence-corrected chi connectivity index (χ0v) is 17.8. The van der Waals surface area contributed by atoms with Crippen molar-refractivity contribution in [1.82, 2.24) is 9.80 Å². The number of hydrogen-bond donors (Lipinski definition) is 0.